The molecule has 5 nitrogen and oxygen atoms in total. The molecule has 96 valence electrons. The minimum absolute atomic E-state index is 0.00463. The summed E-state index contributed by atoms with van der Waals surface area (Å²) in [5.41, 5.74) is 0. The third-order valence-corrected chi connectivity index (χ3v) is 3.83. The highest BCUT2D eigenvalue weighted by molar-refractivity contribution is 7.88. The quantitative estimate of drug-likeness (QED) is 0.682. The number of hydrogen-bond acceptors (Lipinski definition) is 3. The number of hydrogen-bond donors (Lipinski definition) is 0. The zero-order valence-electron chi connectivity index (χ0n) is 10.7. The molecule has 0 bridgehead atoms. The molecule has 0 aromatic rings. The molecule has 1 aliphatic rings. The van der Waals surface area contributed by atoms with E-state index in [1.165, 1.54) is 17.5 Å². The number of amides is 1. The molecule has 6 heteroatoms. The van der Waals surface area contributed by atoms with Gasteiger partial charge in [0, 0.05) is 32.6 Å². The van der Waals surface area contributed by atoms with Gasteiger partial charge in [0.15, 0.2) is 0 Å². The first kappa shape index (κ1) is 15.4. The van der Waals surface area contributed by atoms with E-state index in [1.807, 2.05) is 20.8 Å². The second-order valence-corrected chi connectivity index (χ2v) is 5.62. The van der Waals surface area contributed by atoms with Gasteiger partial charge in [-0.05, 0) is 6.92 Å². The van der Waals surface area contributed by atoms with Crippen LogP contribution in [0.2, 0.25) is 0 Å². The van der Waals surface area contributed by atoms with E-state index >= 15 is 0 Å². The SMILES string of the molecule is CC.CC(=O)N1CCN(S(C)(=O)=O)C(C)C1. The van der Waals surface area contributed by atoms with Crippen LogP contribution in [0.25, 0.3) is 0 Å². The Hall–Kier alpha value is -0.620. The number of nitrogens with zero attached hydrogens (tertiary/aromatic N) is 2. The van der Waals surface area contributed by atoms with Crippen LogP contribution in [-0.4, -0.2) is 55.5 Å². The van der Waals surface area contributed by atoms with Crippen molar-refractivity contribution in [1.29, 1.82) is 0 Å². The Bertz CT molecular complexity index is 327. The average Bonchev–Trinajstić information content (AvgIpc) is 2.18. The van der Waals surface area contributed by atoms with Gasteiger partial charge in [0.05, 0.1) is 6.26 Å². The van der Waals surface area contributed by atoms with Gasteiger partial charge < -0.3 is 4.90 Å². The number of piperazine rings is 1. The van der Waals surface area contributed by atoms with Crippen molar-refractivity contribution in [3.8, 4) is 0 Å². The maximum Gasteiger partial charge on any atom is 0.219 e. The summed E-state index contributed by atoms with van der Waals surface area (Å²) >= 11 is 0. The van der Waals surface area contributed by atoms with Crippen molar-refractivity contribution in [3.05, 3.63) is 0 Å². The Balaban J connectivity index is 0.00000106. The minimum atomic E-state index is -3.13. The molecule has 1 fully saturated rings. The zero-order valence-corrected chi connectivity index (χ0v) is 11.5. The molecule has 16 heavy (non-hydrogen) atoms. The van der Waals surface area contributed by atoms with Crippen LogP contribution in [0.15, 0.2) is 0 Å². The number of sulfonamides is 1. The van der Waals surface area contributed by atoms with Crippen molar-refractivity contribution in [2.75, 3.05) is 25.9 Å². The Morgan fingerprint density at radius 2 is 1.75 bits per heavy atom. The molecular formula is C10H22N2O3S. The van der Waals surface area contributed by atoms with E-state index in [0.29, 0.717) is 19.6 Å². The van der Waals surface area contributed by atoms with Crippen LogP contribution in [0.3, 0.4) is 0 Å². The molecule has 1 saturated heterocycles. The first-order valence-corrected chi connectivity index (χ1v) is 7.39. The highest BCUT2D eigenvalue weighted by Gasteiger charge is 2.30. The van der Waals surface area contributed by atoms with Gasteiger partial charge in [0.25, 0.3) is 0 Å². The van der Waals surface area contributed by atoms with Gasteiger partial charge in [-0.25, -0.2) is 8.42 Å². The second kappa shape index (κ2) is 6.20. The van der Waals surface area contributed by atoms with Crippen molar-refractivity contribution in [3.63, 3.8) is 0 Å². The fourth-order valence-electron chi connectivity index (χ4n) is 1.72. The number of carbonyl (C=O) groups excluding carboxylic acids is 1. The molecule has 0 radical (unpaired) electrons. The summed E-state index contributed by atoms with van der Waals surface area (Å²) < 4.78 is 24.0. The van der Waals surface area contributed by atoms with Crippen molar-refractivity contribution >= 4 is 15.9 Å². The molecule has 0 aliphatic carbocycles. The summed E-state index contributed by atoms with van der Waals surface area (Å²) in [5, 5.41) is 0. The molecule has 1 atom stereocenters. The van der Waals surface area contributed by atoms with Gasteiger partial charge in [0.1, 0.15) is 0 Å². The fraction of sp³-hybridized carbons (Fsp3) is 0.900. The lowest BCUT2D eigenvalue weighted by atomic mass is 10.2. The normalized spacial score (nSPS) is 22.3. The van der Waals surface area contributed by atoms with Crippen LogP contribution in [0, 0.1) is 0 Å². The van der Waals surface area contributed by atoms with Gasteiger partial charge in [0.2, 0.25) is 15.9 Å². The Kier molecular flexibility index (Phi) is 5.96. The van der Waals surface area contributed by atoms with E-state index in [2.05, 4.69) is 0 Å². The predicted molar refractivity (Wildman–Crippen MR) is 64.6 cm³/mol. The molecular weight excluding hydrogens is 228 g/mol. The van der Waals surface area contributed by atoms with Crippen LogP contribution in [0.4, 0.5) is 0 Å². The minimum Gasteiger partial charge on any atom is -0.340 e. The molecule has 0 saturated carbocycles. The topological polar surface area (TPSA) is 57.7 Å². The first-order valence-electron chi connectivity index (χ1n) is 5.54. The Morgan fingerprint density at radius 3 is 2.06 bits per heavy atom. The molecule has 0 spiro atoms. The van der Waals surface area contributed by atoms with E-state index in [4.69, 9.17) is 0 Å². The first-order chi connectivity index (χ1) is 7.32. The number of rotatable bonds is 1. The maximum atomic E-state index is 11.3. The molecule has 0 N–H and O–H groups in total. The van der Waals surface area contributed by atoms with Crippen molar-refractivity contribution in [1.82, 2.24) is 9.21 Å². The molecule has 0 aromatic carbocycles. The lowest BCUT2D eigenvalue weighted by molar-refractivity contribution is -0.130. The van der Waals surface area contributed by atoms with Crippen LogP contribution in [-0.2, 0) is 14.8 Å². The van der Waals surface area contributed by atoms with E-state index < -0.39 is 10.0 Å². The summed E-state index contributed by atoms with van der Waals surface area (Å²) in [4.78, 5) is 12.7. The van der Waals surface area contributed by atoms with Crippen LogP contribution in [0.5, 0.6) is 0 Å². The molecule has 1 aliphatic heterocycles. The van der Waals surface area contributed by atoms with E-state index in [9.17, 15) is 13.2 Å². The predicted octanol–water partition coefficient (Wildman–Crippen LogP) is 0.525. The standard InChI is InChI=1S/C8H16N2O3S.C2H6/c1-7-6-9(8(2)11)4-5-10(7)14(3,12)13;1-2/h7H,4-6H2,1-3H3;1-2H3. The van der Waals surface area contributed by atoms with Crippen molar-refractivity contribution in [2.45, 2.75) is 33.7 Å². The number of carbonyl (C=O) groups is 1. The van der Waals surface area contributed by atoms with Crippen LogP contribution in [0.1, 0.15) is 27.7 Å². The highest BCUT2D eigenvalue weighted by atomic mass is 32.2. The summed E-state index contributed by atoms with van der Waals surface area (Å²) in [7, 11) is -3.13. The lowest BCUT2D eigenvalue weighted by Gasteiger charge is -2.37. The van der Waals surface area contributed by atoms with Crippen LogP contribution < -0.4 is 0 Å². The molecule has 1 rings (SSSR count). The smallest absolute Gasteiger partial charge is 0.219 e. The largest absolute Gasteiger partial charge is 0.340 e. The summed E-state index contributed by atoms with van der Waals surface area (Å²) in [6.45, 7) is 8.70. The van der Waals surface area contributed by atoms with Crippen LogP contribution >= 0.6 is 0 Å². The monoisotopic (exact) mass is 250 g/mol. The summed E-state index contributed by atoms with van der Waals surface area (Å²) in [5.74, 6) is 0.00463. The summed E-state index contributed by atoms with van der Waals surface area (Å²) in [6.07, 6.45) is 1.20. The fourth-order valence-corrected chi connectivity index (χ4v) is 2.85. The second-order valence-electron chi connectivity index (χ2n) is 3.69. The van der Waals surface area contributed by atoms with Gasteiger partial charge in [-0.1, -0.05) is 13.8 Å². The van der Waals surface area contributed by atoms with Gasteiger partial charge >= 0.3 is 0 Å². The molecule has 1 amide bonds. The van der Waals surface area contributed by atoms with Gasteiger partial charge in [-0.15, -0.1) is 0 Å². The van der Waals surface area contributed by atoms with Gasteiger partial charge in [-0.2, -0.15) is 4.31 Å². The third kappa shape index (κ3) is 4.09. The molecule has 1 unspecified atom stereocenters. The Labute approximate surface area is 98.5 Å². The molecule has 1 heterocycles. The van der Waals surface area contributed by atoms with Crippen molar-refractivity contribution < 1.29 is 13.2 Å². The zero-order chi connectivity index (χ0) is 12.9. The van der Waals surface area contributed by atoms with Crippen molar-refractivity contribution in [2.24, 2.45) is 0 Å². The van der Waals surface area contributed by atoms with E-state index in [1.54, 1.807) is 4.90 Å². The van der Waals surface area contributed by atoms with E-state index in [-0.39, 0.29) is 11.9 Å². The average molecular weight is 250 g/mol. The Morgan fingerprint density at radius 1 is 1.25 bits per heavy atom. The molecule has 0 aromatic heterocycles. The highest BCUT2D eigenvalue weighted by Crippen LogP contribution is 2.12. The maximum absolute atomic E-state index is 11.3. The lowest BCUT2D eigenvalue weighted by Crippen LogP contribution is -2.54. The summed E-state index contributed by atoms with van der Waals surface area (Å²) in [6, 6.07) is -0.123. The third-order valence-electron chi connectivity index (χ3n) is 2.44. The van der Waals surface area contributed by atoms with E-state index in [0.717, 1.165) is 0 Å². The van der Waals surface area contributed by atoms with Gasteiger partial charge in [-0.3, -0.25) is 4.79 Å².